The van der Waals surface area contributed by atoms with Gasteiger partial charge in [0.1, 0.15) is 9.84 Å². The monoisotopic (exact) mass is 410 g/mol. The van der Waals surface area contributed by atoms with E-state index in [1.165, 1.54) is 18.0 Å². The molecule has 3 rings (SSSR count). The van der Waals surface area contributed by atoms with Crippen LogP contribution >= 0.6 is 11.8 Å². The first-order valence-electron chi connectivity index (χ1n) is 9.13. The van der Waals surface area contributed by atoms with Crippen molar-refractivity contribution in [2.45, 2.75) is 18.6 Å². The van der Waals surface area contributed by atoms with Crippen molar-refractivity contribution in [3.8, 4) is 0 Å². The van der Waals surface area contributed by atoms with Gasteiger partial charge in [0.2, 0.25) is 5.91 Å². The van der Waals surface area contributed by atoms with Crippen LogP contribution in [-0.2, 0) is 21.2 Å². The van der Waals surface area contributed by atoms with Crippen molar-refractivity contribution in [3.63, 3.8) is 0 Å². The standard InChI is InChI=1S/C18H26N4O3S2/c1-3-22-16-7-5-4-6-15(16)19-18(22)26-14-17(23)21-10-8-20(9-11-21)12-13-27(2,24)25/h4-7H,3,8-14H2,1-2H3. The molecule has 0 bridgehead atoms. The van der Waals surface area contributed by atoms with E-state index in [0.29, 0.717) is 25.4 Å². The van der Waals surface area contributed by atoms with E-state index in [1.54, 1.807) is 0 Å². The van der Waals surface area contributed by atoms with Crippen molar-refractivity contribution in [2.24, 2.45) is 0 Å². The van der Waals surface area contributed by atoms with Crippen molar-refractivity contribution in [1.82, 2.24) is 19.4 Å². The number of aromatic nitrogens is 2. The van der Waals surface area contributed by atoms with Gasteiger partial charge in [0, 0.05) is 45.5 Å². The van der Waals surface area contributed by atoms with Crippen LogP contribution in [-0.4, -0.2) is 84.2 Å². The fraction of sp³-hybridized carbons (Fsp3) is 0.556. The Morgan fingerprint density at radius 2 is 1.89 bits per heavy atom. The number of carbonyl (C=O) groups excluding carboxylic acids is 1. The molecule has 0 unspecified atom stereocenters. The Morgan fingerprint density at radius 1 is 1.19 bits per heavy atom. The smallest absolute Gasteiger partial charge is 0.233 e. The minimum atomic E-state index is -2.95. The molecule has 1 aromatic heterocycles. The summed E-state index contributed by atoms with van der Waals surface area (Å²) in [7, 11) is -2.95. The number of sulfone groups is 1. The Bertz CT molecular complexity index is 902. The van der Waals surface area contributed by atoms with E-state index in [-0.39, 0.29) is 11.7 Å². The van der Waals surface area contributed by atoms with Gasteiger partial charge in [-0.05, 0) is 19.1 Å². The van der Waals surface area contributed by atoms with Crippen molar-refractivity contribution < 1.29 is 13.2 Å². The molecule has 2 aromatic rings. The summed E-state index contributed by atoms with van der Waals surface area (Å²) in [6, 6.07) is 8.01. The molecule has 7 nitrogen and oxygen atoms in total. The highest BCUT2D eigenvalue weighted by atomic mass is 32.2. The number of hydrogen-bond acceptors (Lipinski definition) is 6. The van der Waals surface area contributed by atoms with Crippen molar-refractivity contribution in [1.29, 1.82) is 0 Å². The van der Waals surface area contributed by atoms with Crippen LogP contribution in [0.4, 0.5) is 0 Å². The van der Waals surface area contributed by atoms with Crippen LogP contribution in [0.1, 0.15) is 6.92 Å². The van der Waals surface area contributed by atoms with E-state index in [0.717, 1.165) is 35.8 Å². The maximum atomic E-state index is 12.6. The summed E-state index contributed by atoms with van der Waals surface area (Å²) in [4.78, 5) is 21.2. The molecule has 1 aliphatic heterocycles. The number of hydrogen-bond donors (Lipinski definition) is 0. The molecule has 1 aromatic carbocycles. The Hall–Kier alpha value is -1.58. The van der Waals surface area contributed by atoms with Crippen LogP contribution in [0.3, 0.4) is 0 Å². The second-order valence-corrected chi connectivity index (χ2v) is 9.97. The summed E-state index contributed by atoms with van der Waals surface area (Å²) < 4.78 is 24.7. The van der Waals surface area contributed by atoms with Crippen LogP contribution in [0, 0.1) is 0 Å². The third-order valence-corrected chi connectivity index (χ3v) is 6.65. The number of para-hydroxylation sites is 2. The molecule has 1 fully saturated rings. The molecule has 0 aliphatic carbocycles. The van der Waals surface area contributed by atoms with E-state index < -0.39 is 9.84 Å². The molecule has 1 saturated heterocycles. The van der Waals surface area contributed by atoms with Gasteiger partial charge in [-0.3, -0.25) is 9.69 Å². The summed E-state index contributed by atoms with van der Waals surface area (Å²) in [6.45, 7) is 6.17. The molecule has 148 valence electrons. The molecule has 0 N–H and O–H groups in total. The van der Waals surface area contributed by atoms with Gasteiger partial charge in [0.15, 0.2) is 5.16 Å². The predicted octanol–water partition coefficient (Wildman–Crippen LogP) is 1.34. The maximum Gasteiger partial charge on any atom is 0.233 e. The number of carbonyl (C=O) groups is 1. The lowest BCUT2D eigenvalue weighted by Crippen LogP contribution is -2.50. The fourth-order valence-corrected chi connectivity index (χ4v) is 4.77. The average molecular weight is 411 g/mol. The first-order chi connectivity index (χ1) is 12.9. The summed E-state index contributed by atoms with van der Waals surface area (Å²) in [5.74, 6) is 0.647. The lowest BCUT2D eigenvalue weighted by Gasteiger charge is -2.34. The first kappa shape index (κ1) is 20.2. The van der Waals surface area contributed by atoms with Gasteiger partial charge >= 0.3 is 0 Å². The normalized spacial score (nSPS) is 16.1. The molecule has 27 heavy (non-hydrogen) atoms. The molecule has 9 heteroatoms. The number of benzene rings is 1. The zero-order chi connectivity index (χ0) is 19.4. The minimum absolute atomic E-state index is 0.109. The van der Waals surface area contributed by atoms with Crippen LogP contribution in [0.2, 0.25) is 0 Å². The predicted molar refractivity (Wildman–Crippen MR) is 109 cm³/mol. The van der Waals surface area contributed by atoms with E-state index >= 15 is 0 Å². The van der Waals surface area contributed by atoms with Gasteiger partial charge < -0.3 is 9.47 Å². The molecular weight excluding hydrogens is 384 g/mol. The zero-order valence-electron chi connectivity index (χ0n) is 15.8. The second kappa shape index (κ2) is 8.62. The lowest BCUT2D eigenvalue weighted by atomic mass is 10.3. The van der Waals surface area contributed by atoms with E-state index in [9.17, 15) is 13.2 Å². The largest absolute Gasteiger partial charge is 0.339 e. The van der Waals surface area contributed by atoms with Crippen LogP contribution in [0.5, 0.6) is 0 Å². The molecule has 1 aliphatic rings. The first-order valence-corrected chi connectivity index (χ1v) is 12.2. The molecule has 0 radical (unpaired) electrons. The highest BCUT2D eigenvalue weighted by Gasteiger charge is 2.22. The Balaban J connectivity index is 1.52. The van der Waals surface area contributed by atoms with Crippen molar-refractivity contribution in [3.05, 3.63) is 24.3 Å². The minimum Gasteiger partial charge on any atom is -0.339 e. The molecule has 1 amide bonds. The lowest BCUT2D eigenvalue weighted by molar-refractivity contribution is -0.130. The third-order valence-electron chi connectivity index (χ3n) is 4.76. The average Bonchev–Trinajstić information content (AvgIpc) is 3.01. The Morgan fingerprint density at radius 3 is 2.56 bits per heavy atom. The quantitative estimate of drug-likeness (QED) is 0.641. The van der Waals surface area contributed by atoms with Gasteiger partial charge in [0.25, 0.3) is 0 Å². The number of piperazine rings is 1. The fourth-order valence-electron chi connectivity index (χ4n) is 3.20. The van der Waals surface area contributed by atoms with E-state index in [1.807, 2.05) is 29.2 Å². The maximum absolute atomic E-state index is 12.6. The molecule has 0 atom stereocenters. The summed E-state index contributed by atoms with van der Waals surface area (Å²) in [5, 5.41) is 0.874. The molecular formula is C18H26N4O3S2. The van der Waals surface area contributed by atoms with Gasteiger partial charge in [0.05, 0.1) is 22.5 Å². The summed E-state index contributed by atoms with van der Waals surface area (Å²) in [5.41, 5.74) is 2.04. The number of imidazole rings is 1. The van der Waals surface area contributed by atoms with Gasteiger partial charge in [-0.15, -0.1) is 0 Å². The van der Waals surface area contributed by atoms with Gasteiger partial charge in [-0.1, -0.05) is 23.9 Å². The van der Waals surface area contributed by atoms with Crippen molar-refractivity contribution >= 4 is 38.5 Å². The molecule has 2 heterocycles. The number of thioether (sulfide) groups is 1. The van der Waals surface area contributed by atoms with Crippen LogP contribution < -0.4 is 0 Å². The number of aryl methyl sites for hydroxylation is 1. The number of fused-ring (bicyclic) bond motifs is 1. The SMILES string of the molecule is CCn1c(SCC(=O)N2CCN(CCS(C)(=O)=O)CC2)nc2ccccc21. The van der Waals surface area contributed by atoms with Crippen LogP contribution in [0.15, 0.2) is 29.4 Å². The Labute approximate surface area is 164 Å². The summed E-state index contributed by atoms with van der Waals surface area (Å²) >= 11 is 1.48. The topological polar surface area (TPSA) is 75.5 Å². The van der Waals surface area contributed by atoms with Gasteiger partial charge in [-0.2, -0.15) is 0 Å². The molecule has 0 saturated carbocycles. The number of amides is 1. The van der Waals surface area contributed by atoms with Gasteiger partial charge in [-0.25, -0.2) is 13.4 Å². The van der Waals surface area contributed by atoms with E-state index in [4.69, 9.17) is 0 Å². The zero-order valence-corrected chi connectivity index (χ0v) is 17.4. The third kappa shape index (κ3) is 5.24. The van der Waals surface area contributed by atoms with Crippen molar-refractivity contribution in [2.75, 3.05) is 50.5 Å². The second-order valence-electron chi connectivity index (χ2n) is 6.77. The summed E-state index contributed by atoms with van der Waals surface area (Å²) in [6.07, 6.45) is 1.26. The number of rotatable bonds is 7. The van der Waals surface area contributed by atoms with Crippen LogP contribution in [0.25, 0.3) is 11.0 Å². The Kier molecular flexibility index (Phi) is 6.44. The molecule has 0 spiro atoms. The van der Waals surface area contributed by atoms with E-state index in [2.05, 4.69) is 21.4 Å². The highest BCUT2D eigenvalue weighted by Crippen LogP contribution is 2.24. The highest BCUT2D eigenvalue weighted by molar-refractivity contribution is 7.99. The number of nitrogens with zero attached hydrogens (tertiary/aromatic N) is 4.